The van der Waals surface area contributed by atoms with Gasteiger partial charge in [-0.1, -0.05) is 44.0 Å². The van der Waals surface area contributed by atoms with Crippen molar-refractivity contribution >= 4 is 33.2 Å². The molecule has 168 valence electrons. The van der Waals surface area contributed by atoms with Crippen molar-refractivity contribution < 1.29 is 18.0 Å². The van der Waals surface area contributed by atoms with Crippen molar-refractivity contribution in [1.29, 1.82) is 0 Å². The maximum atomic E-state index is 13.1. The third kappa shape index (κ3) is 6.38. The van der Waals surface area contributed by atoms with Crippen LogP contribution in [0.15, 0.2) is 52.7 Å². The fourth-order valence-corrected chi connectivity index (χ4v) is 5.50. The number of carbonyl (C=O) groups excluding carboxylic acids is 2. The van der Waals surface area contributed by atoms with Crippen LogP contribution in [0.3, 0.4) is 0 Å². The van der Waals surface area contributed by atoms with Gasteiger partial charge in [0.05, 0.1) is 18.0 Å². The Balaban J connectivity index is 1.73. The zero-order valence-corrected chi connectivity index (χ0v) is 19.3. The van der Waals surface area contributed by atoms with Gasteiger partial charge in [-0.25, -0.2) is 13.1 Å². The Morgan fingerprint density at radius 3 is 2.45 bits per heavy atom. The van der Waals surface area contributed by atoms with E-state index in [1.165, 1.54) is 28.4 Å². The molecule has 1 aromatic heterocycles. The molecular weight excluding hydrogens is 434 g/mol. The van der Waals surface area contributed by atoms with E-state index in [0.29, 0.717) is 6.42 Å². The average molecular weight is 464 g/mol. The van der Waals surface area contributed by atoms with Crippen LogP contribution in [0.4, 0.5) is 0 Å². The minimum Gasteiger partial charge on any atom is -0.352 e. The number of nitrogens with zero attached hydrogens (tertiary/aromatic N) is 1. The zero-order valence-electron chi connectivity index (χ0n) is 17.6. The number of carbonyl (C=O) groups is 2. The Labute approximate surface area is 187 Å². The third-order valence-electron chi connectivity index (χ3n) is 5.46. The molecule has 0 saturated heterocycles. The molecule has 1 aliphatic rings. The van der Waals surface area contributed by atoms with Crippen molar-refractivity contribution in [2.24, 2.45) is 0 Å². The van der Waals surface area contributed by atoms with Crippen LogP contribution in [-0.2, 0) is 26.2 Å². The summed E-state index contributed by atoms with van der Waals surface area (Å²) in [6.07, 6.45) is 4.55. The zero-order chi connectivity index (χ0) is 22.3. The predicted molar refractivity (Wildman–Crippen MR) is 121 cm³/mol. The monoisotopic (exact) mass is 463 g/mol. The lowest BCUT2D eigenvalue weighted by Gasteiger charge is -2.31. The van der Waals surface area contributed by atoms with Gasteiger partial charge in [0.1, 0.15) is 6.04 Å². The number of nitrogens with one attached hydrogen (secondary N) is 2. The van der Waals surface area contributed by atoms with Crippen LogP contribution in [0.5, 0.6) is 0 Å². The van der Waals surface area contributed by atoms with Gasteiger partial charge < -0.3 is 10.2 Å². The highest BCUT2D eigenvalue weighted by Gasteiger charge is 2.31. The number of sulfonamides is 1. The van der Waals surface area contributed by atoms with Gasteiger partial charge in [0.2, 0.25) is 21.8 Å². The van der Waals surface area contributed by atoms with E-state index in [2.05, 4.69) is 10.0 Å². The Bertz CT molecular complexity index is 956. The molecule has 0 radical (unpaired) electrons. The largest absolute Gasteiger partial charge is 0.352 e. The van der Waals surface area contributed by atoms with Gasteiger partial charge in [0, 0.05) is 10.9 Å². The summed E-state index contributed by atoms with van der Waals surface area (Å²) in [4.78, 5) is 28.6. The van der Waals surface area contributed by atoms with Crippen LogP contribution in [0.2, 0.25) is 0 Å². The highest BCUT2D eigenvalue weighted by atomic mass is 32.2. The minimum atomic E-state index is -3.82. The lowest BCUT2D eigenvalue weighted by Crippen LogP contribution is -2.52. The number of thiophene rings is 1. The van der Waals surface area contributed by atoms with Crippen molar-refractivity contribution in [3.8, 4) is 0 Å². The molecule has 1 aromatic carbocycles. The van der Waals surface area contributed by atoms with Crippen LogP contribution < -0.4 is 10.0 Å². The van der Waals surface area contributed by atoms with Crippen LogP contribution in [0, 0.1) is 0 Å². The van der Waals surface area contributed by atoms with E-state index < -0.39 is 28.5 Å². The molecule has 0 aliphatic heterocycles. The minimum absolute atomic E-state index is 0.0959. The number of benzene rings is 1. The lowest BCUT2D eigenvalue weighted by molar-refractivity contribution is -0.140. The summed E-state index contributed by atoms with van der Waals surface area (Å²) < 4.78 is 27.4. The molecule has 1 atom stereocenters. The van der Waals surface area contributed by atoms with E-state index >= 15 is 0 Å². The number of hydrogen-bond acceptors (Lipinski definition) is 5. The van der Waals surface area contributed by atoms with E-state index in [-0.39, 0.29) is 23.4 Å². The van der Waals surface area contributed by atoms with Crippen LogP contribution in [-0.4, -0.2) is 43.8 Å². The molecular formula is C22H29N3O4S2. The van der Waals surface area contributed by atoms with Crippen LogP contribution in [0.25, 0.3) is 0 Å². The fraction of sp³-hybridized carbons (Fsp3) is 0.455. The topological polar surface area (TPSA) is 95.6 Å². The molecule has 1 saturated carbocycles. The molecule has 1 unspecified atom stereocenters. The molecule has 7 nitrogen and oxygen atoms in total. The van der Waals surface area contributed by atoms with Gasteiger partial charge in [-0.3, -0.25) is 9.59 Å². The van der Waals surface area contributed by atoms with Gasteiger partial charge in [-0.15, -0.1) is 11.3 Å². The first kappa shape index (κ1) is 23.4. The number of amides is 2. The standard InChI is InChI=1S/C22H29N3O4S2/c1-2-20(22(27)24-17-9-6-7-10-17)25(16-18-11-8-14-30-18)21(26)15-23-31(28,29)19-12-4-3-5-13-19/h3-5,8,11-14,17,20,23H,2,6-7,9-10,15-16H2,1H3,(H,24,27). The quantitative estimate of drug-likeness (QED) is 0.566. The first-order chi connectivity index (χ1) is 14.9. The average Bonchev–Trinajstić information content (AvgIpc) is 3.47. The first-order valence-electron chi connectivity index (χ1n) is 10.6. The van der Waals surface area contributed by atoms with Crippen molar-refractivity contribution in [3.63, 3.8) is 0 Å². The van der Waals surface area contributed by atoms with Gasteiger partial charge in [0.25, 0.3) is 0 Å². The van der Waals surface area contributed by atoms with Gasteiger partial charge >= 0.3 is 0 Å². The van der Waals surface area contributed by atoms with Crippen molar-refractivity contribution in [3.05, 3.63) is 52.7 Å². The molecule has 3 rings (SSSR count). The number of rotatable bonds is 10. The van der Waals surface area contributed by atoms with Gasteiger partial charge in [-0.05, 0) is 42.8 Å². The molecule has 2 N–H and O–H groups in total. The second-order valence-corrected chi connectivity index (χ2v) is 10.5. The highest BCUT2D eigenvalue weighted by molar-refractivity contribution is 7.89. The van der Waals surface area contributed by atoms with E-state index in [1.807, 2.05) is 24.4 Å². The van der Waals surface area contributed by atoms with Crippen LogP contribution in [0.1, 0.15) is 43.9 Å². The summed E-state index contributed by atoms with van der Waals surface area (Å²) in [7, 11) is -3.82. The van der Waals surface area contributed by atoms with Crippen molar-refractivity contribution in [2.75, 3.05) is 6.54 Å². The summed E-state index contributed by atoms with van der Waals surface area (Å²) in [5, 5.41) is 4.99. The molecule has 1 fully saturated rings. The Kier molecular flexibility index (Phi) is 8.22. The summed E-state index contributed by atoms with van der Waals surface area (Å²) in [5.41, 5.74) is 0. The second kappa shape index (κ2) is 10.9. The van der Waals surface area contributed by atoms with E-state index in [1.54, 1.807) is 18.2 Å². The molecule has 9 heteroatoms. The molecule has 1 heterocycles. The first-order valence-corrected chi connectivity index (χ1v) is 12.9. The molecule has 2 amide bonds. The van der Waals surface area contributed by atoms with E-state index in [0.717, 1.165) is 30.6 Å². The summed E-state index contributed by atoms with van der Waals surface area (Å²) in [5.74, 6) is -0.605. The molecule has 1 aliphatic carbocycles. The second-order valence-electron chi connectivity index (χ2n) is 7.65. The van der Waals surface area contributed by atoms with E-state index in [4.69, 9.17) is 0 Å². The normalized spacial score (nSPS) is 15.5. The Hall–Kier alpha value is -2.23. The number of hydrogen-bond donors (Lipinski definition) is 2. The van der Waals surface area contributed by atoms with E-state index in [9.17, 15) is 18.0 Å². The van der Waals surface area contributed by atoms with Gasteiger partial charge in [-0.2, -0.15) is 0 Å². The Morgan fingerprint density at radius 2 is 1.84 bits per heavy atom. The summed E-state index contributed by atoms with van der Waals surface area (Å²) in [6, 6.07) is 11.2. The van der Waals surface area contributed by atoms with Gasteiger partial charge in [0.15, 0.2) is 0 Å². The fourth-order valence-electron chi connectivity index (χ4n) is 3.80. The maximum Gasteiger partial charge on any atom is 0.243 e. The third-order valence-corrected chi connectivity index (χ3v) is 7.74. The molecule has 31 heavy (non-hydrogen) atoms. The smallest absolute Gasteiger partial charge is 0.243 e. The summed E-state index contributed by atoms with van der Waals surface area (Å²) >= 11 is 1.50. The maximum absolute atomic E-state index is 13.1. The predicted octanol–water partition coefficient (Wildman–Crippen LogP) is 2.89. The summed E-state index contributed by atoms with van der Waals surface area (Å²) in [6.45, 7) is 1.72. The lowest BCUT2D eigenvalue weighted by atomic mass is 10.1. The van der Waals surface area contributed by atoms with Crippen molar-refractivity contribution in [1.82, 2.24) is 14.9 Å². The molecule has 0 bridgehead atoms. The molecule has 2 aromatic rings. The SMILES string of the molecule is CCC(C(=O)NC1CCCC1)N(Cc1cccs1)C(=O)CNS(=O)(=O)c1ccccc1. The van der Waals surface area contributed by atoms with Crippen molar-refractivity contribution in [2.45, 2.75) is 62.6 Å². The highest BCUT2D eigenvalue weighted by Crippen LogP contribution is 2.20. The molecule has 0 spiro atoms. The van der Waals surface area contributed by atoms with Crippen LogP contribution >= 0.6 is 11.3 Å². The Morgan fingerprint density at radius 1 is 1.13 bits per heavy atom.